The van der Waals surface area contributed by atoms with Crippen molar-refractivity contribution >= 4 is 15.8 Å². The van der Waals surface area contributed by atoms with Gasteiger partial charge in [0.2, 0.25) is 0 Å². The summed E-state index contributed by atoms with van der Waals surface area (Å²) in [6, 6.07) is 10.4. The molecule has 0 aliphatic rings. The van der Waals surface area contributed by atoms with E-state index in [9.17, 15) is 0 Å². The van der Waals surface area contributed by atoms with E-state index in [0.717, 1.165) is 0 Å². The smallest absolute Gasteiger partial charge is 0.00321 e. The van der Waals surface area contributed by atoms with Crippen molar-refractivity contribution in [3.63, 3.8) is 0 Å². The molecule has 0 nitrogen and oxygen atoms in total. The minimum absolute atomic E-state index is 1.25. The summed E-state index contributed by atoms with van der Waals surface area (Å²) < 4.78 is 0. The quantitative estimate of drug-likeness (QED) is 0.664. The van der Waals surface area contributed by atoms with Crippen LogP contribution in [0.25, 0.3) is 5.57 Å². The van der Waals surface area contributed by atoms with Gasteiger partial charge >= 0.3 is 0 Å². The largest absolute Gasteiger partial charge is 0.0729 e. The average Bonchev–Trinajstić information content (AvgIpc) is 2.18. The van der Waals surface area contributed by atoms with Gasteiger partial charge in [-0.3, -0.25) is 0 Å². The molecular formula is C13H20Si. The van der Waals surface area contributed by atoms with Crippen LogP contribution in [-0.4, -0.2) is 10.2 Å². The number of hydrogen-bond acceptors (Lipinski definition) is 0. The first-order valence-electron chi connectivity index (χ1n) is 5.38. The average molecular weight is 204 g/mol. The van der Waals surface area contributed by atoms with E-state index in [4.69, 9.17) is 0 Å². The van der Waals surface area contributed by atoms with Crippen LogP contribution in [0.5, 0.6) is 0 Å². The van der Waals surface area contributed by atoms with Crippen LogP contribution in [0.3, 0.4) is 0 Å². The van der Waals surface area contributed by atoms with E-state index in [1.54, 1.807) is 0 Å². The zero-order chi connectivity index (χ0) is 10.6. The molecule has 0 bridgehead atoms. The molecule has 0 heterocycles. The molecule has 0 aliphatic carbocycles. The fourth-order valence-electron chi connectivity index (χ4n) is 1.50. The van der Waals surface area contributed by atoms with Gasteiger partial charge in [0.1, 0.15) is 0 Å². The van der Waals surface area contributed by atoms with Crippen LogP contribution >= 0.6 is 0 Å². The van der Waals surface area contributed by atoms with Gasteiger partial charge in [0.15, 0.2) is 0 Å². The Kier molecular flexibility index (Phi) is 4.14. The van der Waals surface area contributed by atoms with Crippen molar-refractivity contribution in [1.29, 1.82) is 0 Å². The third-order valence-corrected chi connectivity index (χ3v) is 3.18. The van der Waals surface area contributed by atoms with E-state index in [1.165, 1.54) is 45.0 Å². The topological polar surface area (TPSA) is 0 Å². The van der Waals surface area contributed by atoms with Gasteiger partial charge in [-0.2, -0.15) is 0 Å². The second-order valence-electron chi connectivity index (χ2n) is 4.07. The highest BCUT2D eigenvalue weighted by atomic mass is 28.1. The Morgan fingerprint density at radius 2 is 1.64 bits per heavy atom. The van der Waals surface area contributed by atoms with Crippen LogP contribution in [0.2, 0.25) is 6.04 Å². The normalized spacial score (nSPS) is 10.2. The second-order valence-corrected chi connectivity index (χ2v) is 5.07. The first-order valence-corrected chi connectivity index (χ1v) is 6.80. The fourth-order valence-corrected chi connectivity index (χ4v) is 2.08. The molecule has 1 rings (SSSR count). The SMILES string of the molecule is CC(C)=C(C)c1ccc(CC[SiH3])cc1. The summed E-state index contributed by atoms with van der Waals surface area (Å²) in [6.45, 7) is 6.53. The van der Waals surface area contributed by atoms with Gasteiger partial charge in [0.25, 0.3) is 0 Å². The lowest BCUT2D eigenvalue weighted by atomic mass is 10.0. The predicted molar refractivity (Wildman–Crippen MR) is 68.8 cm³/mol. The Morgan fingerprint density at radius 1 is 1.07 bits per heavy atom. The van der Waals surface area contributed by atoms with Gasteiger partial charge in [-0.1, -0.05) is 35.9 Å². The third-order valence-electron chi connectivity index (χ3n) is 2.68. The number of hydrogen-bond donors (Lipinski definition) is 0. The highest BCUT2D eigenvalue weighted by Crippen LogP contribution is 2.18. The van der Waals surface area contributed by atoms with Crippen molar-refractivity contribution in [3.05, 3.63) is 41.0 Å². The van der Waals surface area contributed by atoms with E-state index in [2.05, 4.69) is 45.0 Å². The molecule has 0 saturated heterocycles. The first-order chi connectivity index (χ1) is 6.65. The summed E-state index contributed by atoms with van der Waals surface area (Å²) in [5, 5.41) is 0. The molecule has 0 N–H and O–H groups in total. The Balaban J connectivity index is 2.89. The predicted octanol–water partition coefficient (Wildman–Crippen LogP) is 2.83. The van der Waals surface area contributed by atoms with E-state index in [1.807, 2.05) is 0 Å². The molecule has 0 spiro atoms. The molecule has 1 aromatic carbocycles. The van der Waals surface area contributed by atoms with Crippen LogP contribution in [-0.2, 0) is 6.42 Å². The first kappa shape index (κ1) is 11.3. The van der Waals surface area contributed by atoms with E-state index >= 15 is 0 Å². The van der Waals surface area contributed by atoms with E-state index < -0.39 is 0 Å². The molecule has 0 unspecified atom stereocenters. The van der Waals surface area contributed by atoms with Crippen molar-refractivity contribution in [2.45, 2.75) is 33.2 Å². The van der Waals surface area contributed by atoms with Crippen LogP contribution in [0.4, 0.5) is 0 Å². The van der Waals surface area contributed by atoms with E-state index in [-0.39, 0.29) is 0 Å². The Labute approximate surface area is 90.5 Å². The van der Waals surface area contributed by atoms with Gasteiger partial charge < -0.3 is 0 Å². The monoisotopic (exact) mass is 204 g/mol. The molecule has 0 atom stereocenters. The number of rotatable bonds is 3. The van der Waals surface area contributed by atoms with Crippen LogP contribution in [0.1, 0.15) is 31.9 Å². The third kappa shape index (κ3) is 2.84. The standard InChI is InChI=1S/C13H20Si/c1-10(2)11(3)13-6-4-12(5-7-13)8-9-14/h4-7H,8-9H2,1-3,14H3. The molecule has 0 aliphatic heterocycles. The lowest BCUT2D eigenvalue weighted by Gasteiger charge is -2.05. The summed E-state index contributed by atoms with van der Waals surface area (Å²) in [4.78, 5) is 0. The van der Waals surface area contributed by atoms with Crippen molar-refractivity contribution in [1.82, 2.24) is 0 Å². The van der Waals surface area contributed by atoms with Crippen molar-refractivity contribution < 1.29 is 0 Å². The molecule has 14 heavy (non-hydrogen) atoms. The minimum atomic E-state index is 1.25. The molecule has 1 heteroatoms. The van der Waals surface area contributed by atoms with E-state index in [0.29, 0.717) is 0 Å². The maximum absolute atomic E-state index is 2.26. The van der Waals surface area contributed by atoms with Crippen molar-refractivity contribution in [2.75, 3.05) is 0 Å². The molecule has 1 aromatic rings. The number of allylic oxidation sites excluding steroid dienone is 2. The highest BCUT2D eigenvalue weighted by molar-refractivity contribution is 6.08. The van der Waals surface area contributed by atoms with Crippen LogP contribution in [0.15, 0.2) is 29.8 Å². The Bertz CT molecular complexity index is 316. The zero-order valence-corrected chi connectivity index (χ0v) is 11.7. The maximum atomic E-state index is 2.26. The Hall–Kier alpha value is -0.823. The van der Waals surface area contributed by atoms with Gasteiger partial charge in [-0.05, 0) is 43.9 Å². The van der Waals surface area contributed by atoms with Crippen molar-refractivity contribution in [3.8, 4) is 0 Å². The van der Waals surface area contributed by atoms with Crippen molar-refractivity contribution in [2.24, 2.45) is 0 Å². The summed E-state index contributed by atoms with van der Waals surface area (Å²) in [5.41, 5.74) is 5.65. The molecule has 0 saturated carbocycles. The molecular weight excluding hydrogens is 184 g/mol. The fraction of sp³-hybridized carbons (Fsp3) is 0.385. The molecule has 76 valence electrons. The molecule has 0 fully saturated rings. The van der Waals surface area contributed by atoms with Gasteiger partial charge in [0.05, 0.1) is 0 Å². The van der Waals surface area contributed by atoms with Gasteiger partial charge in [-0.15, -0.1) is 0 Å². The van der Waals surface area contributed by atoms with Crippen LogP contribution in [0, 0.1) is 0 Å². The lowest BCUT2D eigenvalue weighted by molar-refractivity contribution is 1.13. The van der Waals surface area contributed by atoms with Crippen LogP contribution < -0.4 is 0 Å². The summed E-state index contributed by atoms with van der Waals surface area (Å²) >= 11 is 0. The molecule has 0 radical (unpaired) electrons. The lowest BCUT2D eigenvalue weighted by Crippen LogP contribution is -1.86. The number of aryl methyl sites for hydroxylation is 1. The number of benzene rings is 1. The Morgan fingerprint density at radius 3 is 2.07 bits per heavy atom. The second kappa shape index (κ2) is 5.16. The molecule has 0 amide bonds. The highest BCUT2D eigenvalue weighted by Gasteiger charge is 1.97. The van der Waals surface area contributed by atoms with Gasteiger partial charge in [-0.25, -0.2) is 0 Å². The van der Waals surface area contributed by atoms with Gasteiger partial charge in [0, 0.05) is 10.2 Å². The zero-order valence-electron chi connectivity index (χ0n) is 9.72. The summed E-state index contributed by atoms with van der Waals surface area (Å²) in [7, 11) is 1.31. The minimum Gasteiger partial charge on any atom is -0.0729 e. The summed E-state index contributed by atoms with van der Waals surface area (Å²) in [6.07, 6.45) is 1.25. The summed E-state index contributed by atoms with van der Waals surface area (Å²) in [5.74, 6) is 0. The maximum Gasteiger partial charge on any atom is 0.00321 e. The molecule has 0 aromatic heterocycles.